The largest absolute Gasteiger partial charge is 0.263 e. The Morgan fingerprint density at radius 3 is 2.50 bits per heavy atom. The summed E-state index contributed by atoms with van der Waals surface area (Å²) < 4.78 is 38.6. The third kappa shape index (κ3) is 2.20. The van der Waals surface area contributed by atoms with Crippen LogP contribution in [-0.2, 0) is 10.0 Å². The molecule has 1 heterocycles. The second kappa shape index (κ2) is 4.18. The molecule has 1 N–H and O–H groups in total. The van der Waals surface area contributed by atoms with Gasteiger partial charge >= 0.3 is 0 Å². The molecule has 0 radical (unpaired) electrons. The molecule has 0 spiro atoms. The van der Waals surface area contributed by atoms with E-state index in [2.05, 4.69) is 9.71 Å². The minimum Gasteiger partial charge on any atom is -0.260 e. The van der Waals surface area contributed by atoms with Crippen LogP contribution in [0.4, 0.5) is 10.2 Å². The molecular formula is C9H7FN2O2S2. The second-order valence-corrected chi connectivity index (χ2v) is 5.38. The van der Waals surface area contributed by atoms with E-state index in [1.54, 1.807) is 18.2 Å². The van der Waals surface area contributed by atoms with Gasteiger partial charge in [-0.15, -0.1) is 0 Å². The van der Waals surface area contributed by atoms with E-state index in [4.69, 9.17) is 0 Å². The van der Waals surface area contributed by atoms with Crippen molar-refractivity contribution >= 4 is 27.2 Å². The summed E-state index contributed by atoms with van der Waals surface area (Å²) in [5.74, 6) is -0.270. The van der Waals surface area contributed by atoms with Gasteiger partial charge in [-0.05, 0) is 12.1 Å². The Balaban J connectivity index is 2.32. The van der Waals surface area contributed by atoms with E-state index >= 15 is 0 Å². The monoisotopic (exact) mass is 258 g/mol. The highest BCUT2D eigenvalue weighted by Crippen LogP contribution is 2.19. The third-order valence-electron chi connectivity index (χ3n) is 1.81. The summed E-state index contributed by atoms with van der Waals surface area (Å²) >= 11 is 0.736. The van der Waals surface area contributed by atoms with E-state index in [9.17, 15) is 12.8 Å². The van der Waals surface area contributed by atoms with Crippen molar-refractivity contribution in [1.82, 2.24) is 4.98 Å². The molecule has 1 aromatic heterocycles. The molecule has 84 valence electrons. The van der Waals surface area contributed by atoms with Crippen LogP contribution in [0.3, 0.4) is 0 Å². The summed E-state index contributed by atoms with van der Waals surface area (Å²) in [7, 11) is -3.75. The molecule has 0 aliphatic carbocycles. The lowest BCUT2D eigenvalue weighted by Crippen LogP contribution is -2.13. The molecule has 0 fully saturated rings. The average Bonchev–Trinajstić information content (AvgIpc) is 2.65. The SMILES string of the molecule is O=S(=O)(Nc1ncsc1F)c1ccccc1. The van der Waals surface area contributed by atoms with Gasteiger partial charge in [0.05, 0.1) is 10.4 Å². The first-order valence-corrected chi connectivity index (χ1v) is 6.63. The van der Waals surface area contributed by atoms with Crippen LogP contribution in [-0.4, -0.2) is 13.4 Å². The molecule has 4 nitrogen and oxygen atoms in total. The minimum absolute atomic E-state index is 0.0717. The van der Waals surface area contributed by atoms with Crippen LogP contribution in [0.25, 0.3) is 0 Å². The van der Waals surface area contributed by atoms with E-state index in [1.807, 2.05) is 0 Å². The number of rotatable bonds is 3. The lowest BCUT2D eigenvalue weighted by atomic mass is 10.4. The topological polar surface area (TPSA) is 59.1 Å². The van der Waals surface area contributed by atoms with E-state index in [0.29, 0.717) is 0 Å². The van der Waals surface area contributed by atoms with Crippen molar-refractivity contribution in [3.05, 3.63) is 41.0 Å². The first-order valence-electron chi connectivity index (χ1n) is 4.26. The van der Waals surface area contributed by atoms with Gasteiger partial charge in [0.2, 0.25) is 5.13 Å². The number of thiazole rings is 1. The van der Waals surface area contributed by atoms with Gasteiger partial charge in [-0.2, -0.15) is 4.39 Å². The molecule has 16 heavy (non-hydrogen) atoms. The minimum atomic E-state index is -3.75. The van der Waals surface area contributed by atoms with Crippen LogP contribution in [0.1, 0.15) is 0 Å². The Hall–Kier alpha value is -1.47. The predicted molar refractivity (Wildman–Crippen MR) is 59.3 cm³/mol. The number of aromatic nitrogens is 1. The predicted octanol–water partition coefficient (Wildman–Crippen LogP) is 2.08. The lowest BCUT2D eigenvalue weighted by molar-refractivity contribution is 0.599. The van der Waals surface area contributed by atoms with E-state index < -0.39 is 15.2 Å². The van der Waals surface area contributed by atoms with Gasteiger partial charge in [-0.3, -0.25) is 4.72 Å². The molecule has 0 saturated carbocycles. The Bertz CT molecular complexity index is 581. The van der Waals surface area contributed by atoms with Crippen LogP contribution in [0.5, 0.6) is 0 Å². The van der Waals surface area contributed by atoms with Crippen LogP contribution >= 0.6 is 11.3 Å². The first kappa shape index (κ1) is 11.0. The summed E-state index contributed by atoms with van der Waals surface area (Å²) in [5.41, 5.74) is 1.23. The fourth-order valence-corrected chi connectivity index (χ4v) is 2.64. The van der Waals surface area contributed by atoms with E-state index in [0.717, 1.165) is 11.3 Å². The fraction of sp³-hybridized carbons (Fsp3) is 0. The van der Waals surface area contributed by atoms with Crippen molar-refractivity contribution < 1.29 is 12.8 Å². The van der Waals surface area contributed by atoms with Crippen LogP contribution in [0.2, 0.25) is 0 Å². The van der Waals surface area contributed by atoms with Crippen molar-refractivity contribution in [2.24, 2.45) is 0 Å². The number of anilines is 1. The van der Waals surface area contributed by atoms with Gasteiger partial charge in [-0.1, -0.05) is 29.5 Å². The van der Waals surface area contributed by atoms with Crippen molar-refractivity contribution in [3.8, 4) is 0 Å². The lowest BCUT2D eigenvalue weighted by Gasteiger charge is -2.04. The molecule has 7 heteroatoms. The van der Waals surface area contributed by atoms with Gasteiger partial charge in [-0.25, -0.2) is 13.4 Å². The van der Waals surface area contributed by atoms with Crippen LogP contribution in [0, 0.1) is 5.13 Å². The van der Waals surface area contributed by atoms with Gasteiger partial charge < -0.3 is 0 Å². The van der Waals surface area contributed by atoms with Crippen molar-refractivity contribution in [2.75, 3.05) is 4.72 Å². The zero-order valence-corrected chi connectivity index (χ0v) is 9.56. The molecule has 0 atom stereocenters. The number of sulfonamides is 1. The van der Waals surface area contributed by atoms with Gasteiger partial charge in [0.1, 0.15) is 0 Å². The highest BCUT2D eigenvalue weighted by molar-refractivity contribution is 7.92. The maximum absolute atomic E-state index is 13.0. The van der Waals surface area contributed by atoms with Crippen molar-refractivity contribution in [1.29, 1.82) is 0 Å². The van der Waals surface area contributed by atoms with Gasteiger partial charge in [0, 0.05) is 0 Å². The van der Waals surface area contributed by atoms with E-state index in [-0.39, 0.29) is 10.7 Å². The molecule has 0 aliphatic heterocycles. The molecule has 2 rings (SSSR count). The summed E-state index contributed by atoms with van der Waals surface area (Å²) in [4.78, 5) is 3.65. The zero-order chi connectivity index (χ0) is 11.6. The van der Waals surface area contributed by atoms with Crippen molar-refractivity contribution in [3.63, 3.8) is 0 Å². The second-order valence-electron chi connectivity index (χ2n) is 2.89. The highest BCUT2D eigenvalue weighted by atomic mass is 32.2. The molecule has 1 aromatic carbocycles. The maximum atomic E-state index is 13.0. The Morgan fingerprint density at radius 1 is 1.25 bits per heavy atom. The van der Waals surface area contributed by atoms with Gasteiger partial charge in [0.25, 0.3) is 10.0 Å². The third-order valence-corrected chi connectivity index (χ3v) is 3.77. The number of benzene rings is 1. The van der Waals surface area contributed by atoms with Crippen molar-refractivity contribution in [2.45, 2.75) is 4.90 Å². The first-order chi connectivity index (χ1) is 7.59. The Morgan fingerprint density at radius 2 is 1.94 bits per heavy atom. The molecule has 2 aromatic rings. The highest BCUT2D eigenvalue weighted by Gasteiger charge is 2.17. The standard InChI is InChI=1S/C9H7FN2O2S2/c10-8-9(11-6-15-8)12-16(13,14)7-4-2-1-3-5-7/h1-6,12H. The van der Waals surface area contributed by atoms with Crippen LogP contribution < -0.4 is 4.72 Å². The fourth-order valence-electron chi connectivity index (χ4n) is 1.08. The molecule has 0 saturated heterocycles. The summed E-state index contributed by atoms with van der Waals surface area (Å²) in [5, 5.41) is -0.653. The summed E-state index contributed by atoms with van der Waals surface area (Å²) in [6.07, 6.45) is 0. The molecule has 0 aliphatic rings. The zero-order valence-electron chi connectivity index (χ0n) is 7.92. The smallest absolute Gasteiger partial charge is 0.260 e. The molecule has 0 unspecified atom stereocenters. The summed E-state index contributed by atoms with van der Waals surface area (Å²) in [6, 6.07) is 7.72. The summed E-state index contributed by atoms with van der Waals surface area (Å²) in [6.45, 7) is 0. The number of nitrogens with one attached hydrogen (secondary N) is 1. The molecule has 0 bridgehead atoms. The number of hydrogen-bond acceptors (Lipinski definition) is 4. The Kier molecular flexibility index (Phi) is 2.88. The quantitative estimate of drug-likeness (QED) is 0.917. The van der Waals surface area contributed by atoms with Gasteiger partial charge in [0.15, 0.2) is 5.82 Å². The normalized spacial score (nSPS) is 11.3. The van der Waals surface area contributed by atoms with Crippen LogP contribution in [0.15, 0.2) is 40.7 Å². The number of halogens is 1. The van der Waals surface area contributed by atoms with E-state index in [1.165, 1.54) is 17.6 Å². The molecular weight excluding hydrogens is 251 g/mol. The maximum Gasteiger partial charge on any atom is 0.263 e. The number of nitrogens with zero attached hydrogens (tertiary/aromatic N) is 1. The number of hydrogen-bond donors (Lipinski definition) is 1. The Labute approximate surface area is 95.8 Å². The average molecular weight is 258 g/mol. The molecule has 0 amide bonds.